The van der Waals surface area contributed by atoms with Crippen LogP contribution < -0.4 is 10.1 Å². The van der Waals surface area contributed by atoms with Gasteiger partial charge in [0.1, 0.15) is 17.4 Å². The van der Waals surface area contributed by atoms with E-state index < -0.39 is 5.54 Å². The number of nitriles is 1. The van der Waals surface area contributed by atoms with E-state index in [1.807, 2.05) is 18.2 Å². The Morgan fingerprint density at radius 1 is 1.45 bits per heavy atom. The minimum absolute atomic E-state index is 0.133. The highest BCUT2D eigenvalue weighted by molar-refractivity contribution is 5.32. The topological polar surface area (TPSA) is 45.0 Å². The molecule has 0 spiro atoms. The van der Waals surface area contributed by atoms with Crippen molar-refractivity contribution in [2.45, 2.75) is 57.6 Å². The van der Waals surface area contributed by atoms with Crippen LogP contribution in [0.15, 0.2) is 24.3 Å². The van der Waals surface area contributed by atoms with Gasteiger partial charge in [-0.25, -0.2) is 0 Å². The number of rotatable bonds is 5. The number of benzene rings is 1. The van der Waals surface area contributed by atoms with E-state index in [4.69, 9.17) is 4.74 Å². The summed E-state index contributed by atoms with van der Waals surface area (Å²) >= 11 is 0. The number of aryl methyl sites for hydroxylation is 1. The van der Waals surface area contributed by atoms with Gasteiger partial charge in [0.2, 0.25) is 0 Å². The Hall–Kier alpha value is -1.53. The fourth-order valence-electron chi connectivity index (χ4n) is 2.86. The van der Waals surface area contributed by atoms with Crippen LogP contribution in [0.4, 0.5) is 0 Å². The Bertz CT molecular complexity index is 480. The van der Waals surface area contributed by atoms with Crippen LogP contribution in [-0.2, 0) is 0 Å². The molecule has 3 nitrogen and oxygen atoms in total. The van der Waals surface area contributed by atoms with Gasteiger partial charge in [-0.15, -0.1) is 0 Å². The van der Waals surface area contributed by atoms with Crippen molar-refractivity contribution in [3.63, 3.8) is 0 Å². The number of hydrogen-bond donors (Lipinski definition) is 1. The van der Waals surface area contributed by atoms with Gasteiger partial charge >= 0.3 is 0 Å². The predicted molar refractivity (Wildman–Crippen MR) is 80.7 cm³/mol. The van der Waals surface area contributed by atoms with Gasteiger partial charge in [-0.2, -0.15) is 5.26 Å². The molecule has 0 saturated heterocycles. The summed E-state index contributed by atoms with van der Waals surface area (Å²) in [5.41, 5.74) is 0.754. The Labute approximate surface area is 121 Å². The molecule has 1 saturated carbocycles. The number of nitrogens with zero attached hydrogens (tertiary/aromatic N) is 1. The highest BCUT2D eigenvalue weighted by Gasteiger charge is 2.37. The van der Waals surface area contributed by atoms with E-state index in [0.29, 0.717) is 0 Å². The third-order valence-electron chi connectivity index (χ3n) is 4.02. The van der Waals surface area contributed by atoms with Gasteiger partial charge in [-0.05, 0) is 50.8 Å². The van der Waals surface area contributed by atoms with E-state index in [1.165, 1.54) is 0 Å². The van der Waals surface area contributed by atoms with Gasteiger partial charge in [-0.1, -0.05) is 25.1 Å². The van der Waals surface area contributed by atoms with Crippen LogP contribution in [0.3, 0.4) is 0 Å². The molecule has 1 N–H and O–H groups in total. The summed E-state index contributed by atoms with van der Waals surface area (Å²) in [5, 5.41) is 13.0. The zero-order chi connectivity index (χ0) is 14.4. The molecule has 1 fully saturated rings. The molecule has 1 aliphatic carbocycles. The Kier molecular flexibility index (Phi) is 5.03. The standard InChI is InChI=1S/C17H24N2O/c1-3-11-19-17(13-18)10-6-8-15(12-17)20-16-9-5-4-7-14(16)2/h4-5,7,9,15,19H,3,6,8,10-12H2,1-2H3. The molecule has 1 aromatic rings. The molecule has 0 bridgehead atoms. The Morgan fingerprint density at radius 2 is 2.25 bits per heavy atom. The van der Waals surface area contributed by atoms with E-state index in [1.54, 1.807) is 0 Å². The summed E-state index contributed by atoms with van der Waals surface area (Å²) in [6, 6.07) is 10.6. The van der Waals surface area contributed by atoms with Crippen LogP contribution in [0.5, 0.6) is 5.75 Å². The molecule has 1 aliphatic rings. The van der Waals surface area contributed by atoms with Crippen molar-refractivity contribution in [1.29, 1.82) is 5.26 Å². The highest BCUT2D eigenvalue weighted by Crippen LogP contribution is 2.31. The first-order chi connectivity index (χ1) is 9.69. The second kappa shape index (κ2) is 6.76. The van der Waals surface area contributed by atoms with E-state index in [-0.39, 0.29) is 6.10 Å². The number of para-hydroxylation sites is 1. The first kappa shape index (κ1) is 14.9. The second-order valence-corrected chi connectivity index (χ2v) is 5.72. The van der Waals surface area contributed by atoms with Gasteiger partial charge in [-0.3, -0.25) is 5.32 Å². The molecule has 0 aromatic heterocycles. The normalized spacial score (nSPS) is 25.9. The molecule has 0 radical (unpaired) electrons. The monoisotopic (exact) mass is 272 g/mol. The summed E-state index contributed by atoms with van der Waals surface area (Å²) in [7, 11) is 0. The lowest BCUT2D eigenvalue weighted by molar-refractivity contribution is 0.112. The van der Waals surface area contributed by atoms with Crippen molar-refractivity contribution in [3.05, 3.63) is 29.8 Å². The zero-order valence-electron chi connectivity index (χ0n) is 12.5. The van der Waals surface area contributed by atoms with E-state index in [0.717, 1.165) is 50.0 Å². The molecule has 3 heteroatoms. The molecule has 0 aliphatic heterocycles. The molecule has 1 aromatic carbocycles. The maximum atomic E-state index is 9.54. The highest BCUT2D eigenvalue weighted by atomic mass is 16.5. The van der Waals surface area contributed by atoms with Gasteiger partial charge in [0, 0.05) is 6.42 Å². The van der Waals surface area contributed by atoms with Crippen molar-refractivity contribution in [2.75, 3.05) is 6.54 Å². The molecule has 2 unspecified atom stereocenters. The molecule has 2 atom stereocenters. The lowest BCUT2D eigenvalue weighted by Gasteiger charge is -2.36. The average Bonchev–Trinajstić information content (AvgIpc) is 2.48. The van der Waals surface area contributed by atoms with Gasteiger partial charge in [0.25, 0.3) is 0 Å². The van der Waals surface area contributed by atoms with Crippen LogP contribution in [0.25, 0.3) is 0 Å². The minimum Gasteiger partial charge on any atom is -0.490 e. The summed E-state index contributed by atoms with van der Waals surface area (Å²) in [6.07, 6.45) is 4.96. The molecular formula is C17H24N2O. The zero-order valence-corrected chi connectivity index (χ0v) is 12.5. The van der Waals surface area contributed by atoms with Crippen molar-refractivity contribution < 1.29 is 4.74 Å². The SMILES string of the molecule is CCCNC1(C#N)CCCC(Oc2ccccc2C)C1. The van der Waals surface area contributed by atoms with Gasteiger partial charge < -0.3 is 4.74 Å². The molecular weight excluding hydrogens is 248 g/mol. The Balaban J connectivity index is 2.03. The molecule has 0 heterocycles. The maximum Gasteiger partial charge on any atom is 0.122 e. The summed E-state index contributed by atoms with van der Waals surface area (Å²) in [6.45, 7) is 5.08. The fourth-order valence-corrected chi connectivity index (χ4v) is 2.86. The minimum atomic E-state index is -0.401. The van der Waals surface area contributed by atoms with Gasteiger partial charge in [0.15, 0.2) is 0 Å². The van der Waals surface area contributed by atoms with E-state index in [9.17, 15) is 5.26 Å². The maximum absolute atomic E-state index is 9.54. The Morgan fingerprint density at radius 3 is 2.95 bits per heavy atom. The molecule has 2 rings (SSSR count). The van der Waals surface area contributed by atoms with Crippen molar-refractivity contribution in [2.24, 2.45) is 0 Å². The van der Waals surface area contributed by atoms with E-state index in [2.05, 4.69) is 31.3 Å². The van der Waals surface area contributed by atoms with Crippen molar-refractivity contribution in [1.82, 2.24) is 5.32 Å². The lowest BCUT2D eigenvalue weighted by Crippen LogP contribution is -2.50. The quantitative estimate of drug-likeness (QED) is 0.891. The first-order valence-corrected chi connectivity index (χ1v) is 7.58. The lowest BCUT2D eigenvalue weighted by atomic mass is 9.81. The van der Waals surface area contributed by atoms with Gasteiger partial charge in [0.05, 0.1) is 6.07 Å². The van der Waals surface area contributed by atoms with Crippen molar-refractivity contribution >= 4 is 0 Å². The largest absolute Gasteiger partial charge is 0.490 e. The molecule has 20 heavy (non-hydrogen) atoms. The molecule has 0 amide bonds. The van der Waals surface area contributed by atoms with Crippen LogP contribution in [0, 0.1) is 18.3 Å². The summed E-state index contributed by atoms with van der Waals surface area (Å²) in [5.74, 6) is 0.946. The number of hydrogen-bond acceptors (Lipinski definition) is 3. The van der Waals surface area contributed by atoms with Crippen LogP contribution in [-0.4, -0.2) is 18.2 Å². The summed E-state index contributed by atoms with van der Waals surface area (Å²) < 4.78 is 6.13. The first-order valence-electron chi connectivity index (χ1n) is 7.58. The van der Waals surface area contributed by atoms with E-state index >= 15 is 0 Å². The molecule has 108 valence electrons. The predicted octanol–water partition coefficient (Wildman–Crippen LogP) is 3.58. The van der Waals surface area contributed by atoms with Crippen LogP contribution in [0.1, 0.15) is 44.6 Å². The average molecular weight is 272 g/mol. The van der Waals surface area contributed by atoms with Crippen LogP contribution >= 0.6 is 0 Å². The number of nitrogens with one attached hydrogen (secondary N) is 1. The number of ether oxygens (including phenoxy) is 1. The third kappa shape index (κ3) is 3.52. The summed E-state index contributed by atoms with van der Waals surface area (Å²) in [4.78, 5) is 0. The fraction of sp³-hybridized carbons (Fsp3) is 0.588. The van der Waals surface area contributed by atoms with Crippen molar-refractivity contribution in [3.8, 4) is 11.8 Å². The second-order valence-electron chi connectivity index (χ2n) is 5.72. The smallest absolute Gasteiger partial charge is 0.122 e. The van der Waals surface area contributed by atoms with Crippen LogP contribution in [0.2, 0.25) is 0 Å². The third-order valence-corrected chi connectivity index (χ3v) is 4.02.